The molecular formula is C7H15NO3S. The minimum Gasteiger partial charge on any atom is -0.368 e. The molecule has 5 heteroatoms. The third-order valence-corrected chi connectivity index (χ3v) is 4.55. The number of nitrogens with two attached hydrogens (primary N) is 1. The van der Waals surface area contributed by atoms with E-state index in [0.717, 1.165) is 0 Å². The predicted molar refractivity (Wildman–Crippen MR) is 47.4 cm³/mol. The van der Waals surface area contributed by atoms with Gasteiger partial charge in [0.2, 0.25) is 5.91 Å². The zero-order valence-corrected chi connectivity index (χ0v) is 8.44. The van der Waals surface area contributed by atoms with Gasteiger partial charge in [0.25, 0.3) is 0 Å². The summed E-state index contributed by atoms with van der Waals surface area (Å²) in [5, 5.41) is 0. The number of rotatable bonds is 4. The number of sulfone groups is 1. The molecule has 0 radical (unpaired) electrons. The van der Waals surface area contributed by atoms with Crippen LogP contribution in [0.15, 0.2) is 0 Å². The zero-order chi connectivity index (χ0) is 9.99. The average Bonchev–Trinajstić information content (AvgIpc) is 1.86. The van der Waals surface area contributed by atoms with Gasteiger partial charge in [-0.15, -0.1) is 0 Å². The van der Waals surface area contributed by atoms with E-state index >= 15 is 0 Å². The van der Waals surface area contributed by atoms with Crippen LogP contribution < -0.4 is 5.73 Å². The van der Waals surface area contributed by atoms with Gasteiger partial charge >= 0.3 is 0 Å². The summed E-state index contributed by atoms with van der Waals surface area (Å²) >= 11 is 0. The van der Waals surface area contributed by atoms with E-state index in [2.05, 4.69) is 0 Å². The smallest absolute Gasteiger partial charge is 0.238 e. The normalized spacial score (nSPS) is 12.9. The molecule has 0 aromatic heterocycles. The minimum absolute atomic E-state index is 0.00292. The maximum atomic E-state index is 11.4. The second kappa shape index (κ2) is 3.43. The van der Waals surface area contributed by atoms with Gasteiger partial charge in [-0.3, -0.25) is 4.79 Å². The summed E-state index contributed by atoms with van der Waals surface area (Å²) in [4.78, 5) is 10.8. The van der Waals surface area contributed by atoms with Gasteiger partial charge < -0.3 is 5.73 Å². The molecule has 0 aliphatic heterocycles. The number of carbonyl (C=O) groups excluding carboxylic acids is 1. The van der Waals surface area contributed by atoms with E-state index in [-0.39, 0.29) is 5.75 Å². The second-order valence-corrected chi connectivity index (χ2v) is 5.85. The van der Waals surface area contributed by atoms with Crippen LogP contribution in [0.3, 0.4) is 0 Å². The van der Waals surface area contributed by atoms with Crippen molar-refractivity contribution in [2.45, 2.75) is 31.9 Å². The Bertz CT molecular complexity index is 266. The van der Waals surface area contributed by atoms with Gasteiger partial charge in [0.15, 0.2) is 9.84 Å². The largest absolute Gasteiger partial charge is 0.368 e. The van der Waals surface area contributed by atoms with Crippen LogP contribution >= 0.6 is 0 Å². The van der Waals surface area contributed by atoms with Crippen LogP contribution in [0.4, 0.5) is 0 Å². The molecule has 0 aliphatic carbocycles. The van der Waals surface area contributed by atoms with E-state index in [1.165, 1.54) is 13.8 Å². The molecule has 0 saturated heterocycles. The summed E-state index contributed by atoms with van der Waals surface area (Å²) in [6.07, 6.45) is 0.499. The van der Waals surface area contributed by atoms with Gasteiger partial charge in [-0.1, -0.05) is 6.92 Å². The van der Waals surface area contributed by atoms with Crippen molar-refractivity contribution in [1.82, 2.24) is 0 Å². The highest BCUT2D eigenvalue weighted by atomic mass is 32.2. The Hall–Kier alpha value is -0.580. The quantitative estimate of drug-likeness (QED) is 0.686. The van der Waals surface area contributed by atoms with Crippen molar-refractivity contribution in [3.05, 3.63) is 0 Å². The molecule has 0 heterocycles. The zero-order valence-electron chi connectivity index (χ0n) is 7.62. The van der Waals surface area contributed by atoms with Crippen LogP contribution in [-0.2, 0) is 14.6 Å². The third-order valence-electron chi connectivity index (χ3n) is 1.84. The Morgan fingerprint density at radius 2 is 1.83 bits per heavy atom. The summed E-state index contributed by atoms with van der Waals surface area (Å²) in [6.45, 7) is 4.41. The van der Waals surface area contributed by atoms with Crippen LogP contribution in [-0.4, -0.2) is 24.8 Å². The maximum Gasteiger partial charge on any atom is 0.238 e. The Morgan fingerprint density at radius 1 is 1.42 bits per heavy atom. The SMILES string of the molecule is CCCS(=O)(=O)C(C)(C)C(N)=O. The summed E-state index contributed by atoms with van der Waals surface area (Å²) in [5.41, 5.74) is 4.97. The predicted octanol–water partition coefficient (Wildman–Crippen LogP) is 0.0751. The average molecular weight is 193 g/mol. The number of primary amides is 1. The Labute approximate surface area is 73.1 Å². The molecule has 0 fully saturated rings. The van der Waals surface area contributed by atoms with Gasteiger partial charge in [0.1, 0.15) is 4.75 Å². The maximum absolute atomic E-state index is 11.4. The van der Waals surface area contributed by atoms with Crippen molar-refractivity contribution in [2.24, 2.45) is 5.73 Å². The number of amides is 1. The van der Waals surface area contributed by atoms with Crippen molar-refractivity contribution in [1.29, 1.82) is 0 Å². The lowest BCUT2D eigenvalue weighted by Crippen LogP contribution is -2.46. The molecule has 12 heavy (non-hydrogen) atoms. The molecule has 0 bridgehead atoms. The van der Waals surface area contributed by atoms with Crippen molar-refractivity contribution in [3.63, 3.8) is 0 Å². The Morgan fingerprint density at radius 3 is 2.08 bits per heavy atom. The van der Waals surface area contributed by atoms with E-state index in [9.17, 15) is 13.2 Å². The topological polar surface area (TPSA) is 77.2 Å². The molecule has 0 atom stereocenters. The van der Waals surface area contributed by atoms with Crippen LogP contribution in [0, 0.1) is 0 Å². The van der Waals surface area contributed by atoms with Gasteiger partial charge in [-0.2, -0.15) is 0 Å². The van der Waals surface area contributed by atoms with Gasteiger partial charge in [0, 0.05) is 0 Å². The van der Waals surface area contributed by atoms with E-state index in [1.807, 2.05) is 0 Å². The highest BCUT2D eigenvalue weighted by Crippen LogP contribution is 2.17. The van der Waals surface area contributed by atoms with Gasteiger partial charge in [-0.05, 0) is 20.3 Å². The van der Waals surface area contributed by atoms with Crippen molar-refractivity contribution in [3.8, 4) is 0 Å². The summed E-state index contributed by atoms with van der Waals surface area (Å²) in [5.74, 6) is -0.793. The summed E-state index contributed by atoms with van der Waals surface area (Å²) in [6, 6.07) is 0. The Balaban J connectivity index is 4.90. The fourth-order valence-corrected chi connectivity index (χ4v) is 2.03. The van der Waals surface area contributed by atoms with Crippen molar-refractivity contribution >= 4 is 15.7 Å². The van der Waals surface area contributed by atoms with Crippen LogP contribution in [0.25, 0.3) is 0 Å². The minimum atomic E-state index is -3.38. The lowest BCUT2D eigenvalue weighted by Gasteiger charge is -2.20. The molecule has 2 N–H and O–H groups in total. The van der Waals surface area contributed by atoms with E-state index in [4.69, 9.17) is 5.73 Å². The molecule has 0 aromatic carbocycles. The van der Waals surface area contributed by atoms with Crippen molar-refractivity contribution in [2.75, 3.05) is 5.75 Å². The first kappa shape index (κ1) is 11.4. The summed E-state index contributed by atoms with van der Waals surface area (Å²) < 4.78 is 21.3. The first-order valence-electron chi connectivity index (χ1n) is 3.78. The van der Waals surface area contributed by atoms with E-state index in [1.54, 1.807) is 6.92 Å². The van der Waals surface area contributed by atoms with Crippen LogP contribution in [0.1, 0.15) is 27.2 Å². The van der Waals surface area contributed by atoms with E-state index < -0.39 is 20.5 Å². The molecule has 0 saturated carbocycles. The second-order valence-electron chi connectivity index (χ2n) is 3.19. The fourth-order valence-electron chi connectivity index (χ4n) is 0.677. The highest BCUT2D eigenvalue weighted by Gasteiger charge is 2.38. The molecule has 72 valence electrons. The molecule has 1 amide bonds. The highest BCUT2D eigenvalue weighted by molar-refractivity contribution is 7.93. The molecular weight excluding hydrogens is 178 g/mol. The molecule has 0 aromatic rings. The summed E-state index contributed by atoms with van der Waals surface area (Å²) in [7, 11) is -3.38. The van der Waals surface area contributed by atoms with Crippen LogP contribution in [0.5, 0.6) is 0 Å². The van der Waals surface area contributed by atoms with Crippen molar-refractivity contribution < 1.29 is 13.2 Å². The molecule has 0 aliphatic rings. The number of carbonyl (C=O) groups is 1. The van der Waals surface area contributed by atoms with Crippen LogP contribution in [0.2, 0.25) is 0 Å². The van der Waals surface area contributed by atoms with E-state index in [0.29, 0.717) is 6.42 Å². The van der Waals surface area contributed by atoms with Gasteiger partial charge in [-0.25, -0.2) is 8.42 Å². The number of hydrogen-bond acceptors (Lipinski definition) is 3. The lowest BCUT2D eigenvalue weighted by atomic mass is 10.2. The number of hydrogen-bond donors (Lipinski definition) is 1. The molecule has 0 unspecified atom stereocenters. The molecule has 0 rings (SSSR count). The molecule has 0 spiro atoms. The standard InChI is InChI=1S/C7H15NO3S/c1-4-5-12(10,11)7(2,3)6(8)9/h4-5H2,1-3H3,(H2,8,9). The molecule has 4 nitrogen and oxygen atoms in total. The first-order chi connectivity index (χ1) is 5.25. The third kappa shape index (κ3) is 1.97. The first-order valence-corrected chi connectivity index (χ1v) is 5.43. The lowest BCUT2D eigenvalue weighted by molar-refractivity contribution is -0.119. The fraction of sp³-hybridized carbons (Fsp3) is 0.857. The van der Waals surface area contributed by atoms with Gasteiger partial charge in [0.05, 0.1) is 5.75 Å². The monoisotopic (exact) mass is 193 g/mol. The Kier molecular flexibility index (Phi) is 3.26.